The molecule has 1 atom stereocenters. The average Bonchev–Trinajstić information content (AvgIpc) is 2.89. The van der Waals surface area contributed by atoms with Crippen molar-refractivity contribution in [2.24, 2.45) is 0 Å². The van der Waals surface area contributed by atoms with Crippen molar-refractivity contribution in [1.29, 1.82) is 0 Å². The first-order chi connectivity index (χ1) is 19.3. The molecule has 0 aliphatic carbocycles. The molecule has 1 unspecified atom stereocenters. The number of halogens is 7. The largest absolute Gasteiger partial charge is 0.423 e. The van der Waals surface area contributed by atoms with Gasteiger partial charge in [-0.2, -0.15) is 27.1 Å². The molecular formula is C24H20ClF6N7O3. The predicted octanol–water partition coefficient (Wildman–Crippen LogP) is 4.44. The lowest BCUT2D eigenvalue weighted by Crippen LogP contribution is -2.32. The second kappa shape index (κ2) is 12.1. The number of nitrogen functional groups attached to an aromatic ring is 1. The lowest BCUT2D eigenvalue weighted by Gasteiger charge is -2.22. The van der Waals surface area contributed by atoms with Gasteiger partial charge in [0, 0.05) is 18.8 Å². The number of ether oxygens (including phenoxy) is 1. The van der Waals surface area contributed by atoms with Crippen molar-refractivity contribution in [1.82, 2.24) is 24.7 Å². The Morgan fingerprint density at radius 3 is 2.63 bits per heavy atom. The van der Waals surface area contributed by atoms with E-state index in [0.717, 1.165) is 6.07 Å². The van der Waals surface area contributed by atoms with E-state index in [9.17, 15) is 35.9 Å². The number of aromatic nitrogens is 5. The summed E-state index contributed by atoms with van der Waals surface area (Å²) in [5, 5.41) is 7.88. The molecule has 0 saturated carbocycles. The van der Waals surface area contributed by atoms with Gasteiger partial charge in [-0.05, 0) is 36.4 Å². The fraction of sp³-hybridized carbons (Fsp3) is 0.292. The van der Waals surface area contributed by atoms with Gasteiger partial charge in [-0.15, -0.1) is 0 Å². The Kier molecular flexibility index (Phi) is 8.82. The van der Waals surface area contributed by atoms with E-state index in [-0.39, 0.29) is 47.0 Å². The maximum absolute atomic E-state index is 14.9. The number of aromatic amines is 1. The summed E-state index contributed by atoms with van der Waals surface area (Å²) >= 11 is 5.81. The Morgan fingerprint density at radius 1 is 1.20 bits per heavy atom. The predicted molar refractivity (Wildman–Crippen MR) is 137 cm³/mol. The van der Waals surface area contributed by atoms with Crippen molar-refractivity contribution in [3.05, 3.63) is 73.9 Å². The third-order valence-corrected chi connectivity index (χ3v) is 6.24. The number of benzene rings is 1. The zero-order valence-corrected chi connectivity index (χ0v) is 21.4. The Balaban J connectivity index is 1.53. The van der Waals surface area contributed by atoms with Crippen LogP contribution in [0.5, 0.6) is 0 Å². The number of fused-ring (bicyclic) bond motifs is 1. The summed E-state index contributed by atoms with van der Waals surface area (Å²) in [6.45, 7) is -3.90. The van der Waals surface area contributed by atoms with Gasteiger partial charge in [0.25, 0.3) is 11.1 Å². The van der Waals surface area contributed by atoms with Crippen molar-refractivity contribution < 1.29 is 31.1 Å². The summed E-state index contributed by atoms with van der Waals surface area (Å²) in [5.74, 6) is -0.887. The zero-order chi connectivity index (χ0) is 29.9. The lowest BCUT2D eigenvalue weighted by molar-refractivity contribution is -0.138. The van der Waals surface area contributed by atoms with Crippen LogP contribution in [0.4, 0.5) is 37.8 Å². The fourth-order valence-corrected chi connectivity index (χ4v) is 4.16. The molecular weight excluding hydrogens is 584 g/mol. The Hall–Kier alpha value is -4.18. The quantitative estimate of drug-likeness (QED) is 0.226. The maximum atomic E-state index is 14.9. The fourth-order valence-electron chi connectivity index (χ4n) is 4.07. The Labute approximate surface area is 231 Å². The number of rotatable bonds is 10. The van der Waals surface area contributed by atoms with Crippen LogP contribution in [-0.2, 0) is 17.5 Å². The number of aryl methyl sites for hydroxylation is 1. The van der Waals surface area contributed by atoms with Gasteiger partial charge in [-0.1, -0.05) is 11.6 Å². The van der Waals surface area contributed by atoms with E-state index >= 15 is 0 Å². The number of anilines is 2. The van der Waals surface area contributed by atoms with Gasteiger partial charge in [-0.3, -0.25) is 9.59 Å². The van der Waals surface area contributed by atoms with E-state index in [2.05, 4.69) is 25.1 Å². The molecule has 0 aliphatic heterocycles. The molecule has 17 heteroatoms. The topological polar surface area (TPSA) is 141 Å². The number of pyridine rings is 1. The molecule has 41 heavy (non-hydrogen) atoms. The van der Waals surface area contributed by atoms with Crippen LogP contribution in [0.3, 0.4) is 0 Å². The molecule has 0 spiro atoms. The molecule has 4 rings (SSSR count). The van der Waals surface area contributed by atoms with Crippen molar-refractivity contribution in [2.45, 2.75) is 38.2 Å². The normalized spacial score (nSPS) is 12.7. The van der Waals surface area contributed by atoms with Gasteiger partial charge in [-0.25, -0.2) is 19.5 Å². The van der Waals surface area contributed by atoms with Crippen LogP contribution in [-0.4, -0.2) is 44.0 Å². The van der Waals surface area contributed by atoms with Crippen LogP contribution in [0.15, 0.2) is 46.4 Å². The van der Waals surface area contributed by atoms with Crippen LogP contribution < -0.4 is 22.2 Å². The first-order valence-electron chi connectivity index (χ1n) is 11.8. The Morgan fingerprint density at radius 2 is 1.95 bits per heavy atom. The minimum Gasteiger partial charge on any atom is -0.382 e. The minimum atomic E-state index is -5.05. The third kappa shape index (κ3) is 6.94. The van der Waals surface area contributed by atoms with Gasteiger partial charge < -0.3 is 20.4 Å². The van der Waals surface area contributed by atoms with Gasteiger partial charge in [0.1, 0.15) is 22.2 Å². The number of nitrogens with one attached hydrogen (secondary N) is 2. The minimum absolute atomic E-state index is 0.00157. The first-order valence-corrected chi connectivity index (χ1v) is 12.1. The summed E-state index contributed by atoms with van der Waals surface area (Å²) < 4.78 is 85.9. The molecule has 0 fully saturated rings. The summed E-state index contributed by atoms with van der Waals surface area (Å²) in [7, 11) is 0. The first kappa shape index (κ1) is 29.8. The molecule has 0 bridgehead atoms. The van der Waals surface area contributed by atoms with Crippen LogP contribution in [0.2, 0.25) is 5.02 Å². The maximum Gasteiger partial charge on any atom is 0.423 e. The van der Waals surface area contributed by atoms with Crippen LogP contribution in [0.25, 0.3) is 22.2 Å². The van der Waals surface area contributed by atoms with E-state index in [1.165, 1.54) is 29.1 Å². The van der Waals surface area contributed by atoms with E-state index in [1.54, 1.807) is 5.10 Å². The highest BCUT2D eigenvalue weighted by Gasteiger charge is 2.37. The molecule has 0 aliphatic rings. The molecule has 3 heterocycles. The van der Waals surface area contributed by atoms with E-state index < -0.39 is 53.6 Å². The number of hydrogen-bond acceptors (Lipinski definition) is 8. The summed E-state index contributed by atoms with van der Waals surface area (Å²) in [6, 6.07) is 2.80. The Bertz CT molecular complexity index is 1680. The van der Waals surface area contributed by atoms with E-state index in [1.807, 2.05) is 0 Å². The molecule has 0 amide bonds. The van der Waals surface area contributed by atoms with Crippen molar-refractivity contribution in [3.8, 4) is 11.4 Å². The second-order valence-electron chi connectivity index (χ2n) is 8.72. The lowest BCUT2D eigenvalue weighted by atomic mass is 10.1. The highest BCUT2D eigenvalue weighted by molar-refractivity contribution is 6.32. The molecule has 10 nitrogen and oxygen atoms in total. The second-order valence-corrected chi connectivity index (χ2v) is 9.13. The molecule has 4 aromatic rings. The van der Waals surface area contributed by atoms with E-state index in [0.29, 0.717) is 11.6 Å². The monoisotopic (exact) mass is 603 g/mol. The molecule has 0 radical (unpaired) electrons. The summed E-state index contributed by atoms with van der Waals surface area (Å²) in [4.78, 5) is 32.6. The summed E-state index contributed by atoms with van der Waals surface area (Å²) in [5.41, 5.74) is 1.27. The number of alkyl halides is 5. The number of nitrogens with two attached hydrogens (primary N) is 1. The van der Waals surface area contributed by atoms with Crippen molar-refractivity contribution in [2.75, 3.05) is 17.7 Å². The molecule has 0 saturated heterocycles. The van der Waals surface area contributed by atoms with Crippen molar-refractivity contribution >= 4 is 33.9 Å². The molecule has 1 aromatic carbocycles. The number of nitrogens with zero attached hydrogens (tertiary/aromatic N) is 4. The van der Waals surface area contributed by atoms with Gasteiger partial charge in [0.15, 0.2) is 5.82 Å². The molecule has 218 valence electrons. The van der Waals surface area contributed by atoms with Crippen molar-refractivity contribution in [3.63, 3.8) is 0 Å². The molecule has 4 N–H and O–H groups in total. The zero-order valence-electron chi connectivity index (χ0n) is 20.7. The van der Waals surface area contributed by atoms with Gasteiger partial charge >= 0.3 is 12.8 Å². The number of H-pyrrole nitrogens is 1. The number of hydrogen-bond donors (Lipinski definition) is 3. The van der Waals surface area contributed by atoms with Gasteiger partial charge in [0.2, 0.25) is 0 Å². The third-order valence-electron chi connectivity index (χ3n) is 5.95. The average molecular weight is 604 g/mol. The SMILES string of the molecule is Nc1nc(-c2cc3ccn(CCCC(COC(F)F)Nc4cn[nH]c(=O)c4C(F)(F)F)c(=O)c3cc2F)ncc1Cl. The van der Waals surface area contributed by atoms with E-state index in [4.69, 9.17) is 17.3 Å². The standard InChI is InChI=1S/C24H20ClF6N7O3/c25-15-8-33-20(36-19(15)32)14-6-11-3-5-38(22(40)13(11)7-16(14)26)4-1-2-12(10-41-23(27)28)35-17-9-34-37-21(39)18(17)24(29,30)31/h3,5-9,12,23H,1-2,4,10H2,(H2,32,33,36)(H2,35,37,39). The highest BCUT2D eigenvalue weighted by Crippen LogP contribution is 2.32. The van der Waals surface area contributed by atoms with Gasteiger partial charge in [0.05, 0.1) is 35.6 Å². The van der Waals surface area contributed by atoms with Crippen LogP contribution in [0, 0.1) is 5.82 Å². The smallest absolute Gasteiger partial charge is 0.382 e. The highest BCUT2D eigenvalue weighted by atomic mass is 35.5. The summed E-state index contributed by atoms with van der Waals surface area (Å²) in [6.07, 6.45) is -1.65. The van der Waals surface area contributed by atoms with Crippen LogP contribution in [0.1, 0.15) is 18.4 Å². The van der Waals surface area contributed by atoms with Crippen LogP contribution >= 0.6 is 11.6 Å². The molecule has 3 aromatic heterocycles.